The summed E-state index contributed by atoms with van der Waals surface area (Å²) in [5, 5.41) is 8.34. The first-order valence-electron chi connectivity index (χ1n) is 9.42. The number of aromatic nitrogens is 4. The number of nitrogens with zero attached hydrogens (tertiary/aromatic N) is 3. The van der Waals surface area contributed by atoms with Gasteiger partial charge in [-0.2, -0.15) is 5.10 Å². The van der Waals surface area contributed by atoms with E-state index >= 15 is 0 Å². The smallest absolute Gasteiger partial charge is 0.200 e. The highest BCUT2D eigenvalue weighted by molar-refractivity contribution is 7.71. The van der Waals surface area contributed by atoms with Crippen molar-refractivity contribution in [3.05, 3.63) is 77.1 Å². The molecule has 148 valence electrons. The number of ether oxygens (including phenoxy) is 1. The summed E-state index contributed by atoms with van der Waals surface area (Å²) in [6.45, 7) is 2.10. The van der Waals surface area contributed by atoms with Crippen LogP contribution in [0, 0.1) is 11.7 Å². The SMILES string of the molecule is COc1ccc(-c2n[nH]c(=S)n2-c2ccc(-c3nc4ccc(C)cc4s3)cc2)cc1. The van der Waals surface area contributed by atoms with Gasteiger partial charge >= 0.3 is 0 Å². The average molecular weight is 431 g/mol. The van der Waals surface area contributed by atoms with Gasteiger partial charge in [0.1, 0.15) is 10.8 Å². The molecule has 0 saturated heterocycles. The number of aryl methyl sites for hydroxylation is 1. The molecule has 0 unspecified atom stereocenters. The van der Waals surface area contributed by atoms with E-state index < -0.39 is 0 Å². The molecule has 5 rings (SSSR count). The Morgan fingerprint density at radius 1 is 0.967 bits per heavy atom. The van der Waals surface area contributed by atoms with Crippen molar-refractivity contribution in [2.24, 2.45) is 0 Å². The van der Waals surface area contributed by atoms with Crippen LogP contribution in [0.4, 0.5) is 0 Å². The van der Waals surface area contributed by atoms with E-state index in [0.717, 1.165) is 38.9 Å². The molecule has 0 amide bonds. The molecule has 0 fully saturated rings. The van der Waals surface area contributed by atoms with E-state index in [1.807, 2.05) is 41.0 Å². The fourth-order valence-electron chi connectivity index (χ4n) is 3.38. The van der Waals surface area contributed by atoms with Gasteiger partial charge in [0, 0.05) is 11.1 Å². The van der Waals surface area contributed by atoms with Crippen LogP contribution in [0.2, 0.25) is 0 Å². The van der Waals surface area contributed by atoms with Crippen LogP contribution in [0.3, 0.4) is 0 Å². The fraction of sp³-hybridized carbons (Fsp3) is 0.0870. The number of rotatable bonds is 4. The molecule has 0 saturated carbocycles. The zero-order valence-electron chi connectivity index (χ0n) is 16.4. The van der Waals surface area contributed by atoms with Crippen molar-refractivity contribution < 1.29 is 4.74 Å². The van der Waals surface area contributed by atoms with Crippen LogP contribution in [0.25, 0.3) is 37.9 Å². The second-order valence-electron chi connectivity index (χ2n) is 6.95. The lowest BCUT2D eigenvalue weighted by molar-refractivity contribution is 0.415. The Labute approximate surface area is 182 Å². The largest absolute Gasteiger partial charge is 0.497 e. The average Bonchev–Trinajstić information content (AvgIpc) is 3.37. The molecule has 1 N–H and O–H groups in total. The minimum Gasteiger partial charge on any atom is -0.497 e. The molecule has 5 nitrogen and oxygen atoms in total. The Morgan fingerprint density at radius 2 is 1.70 bits per heavy atom. The van der Waals surface area contributed by atoms with E-state index in [0.29, 0.717) is 4.77 Å². The van der Waals surface area contributed by atoms with Gasteiger partial charge in [-0.1, -0.05) is 6.07 Å². The standard InChI is InChI=1S/C23H18N4OS2/c1-14-3-12-19-20(13-14)30-22(24-19)16-4-8-17(9-5-16)27-21(25-26-23(27)29)15-6-10-18(28-2)11-7-15/h3-13H,1-2H3,(H,26,29). The predicted octanol–water partition coefficient (Wildman–Crippen LogP) is 6.19. The summed E-state index contributed by atoms with van der Waals surface area (Å²) >= 11 is 7.20. The number of thiazole rings is 1. The summed E-state index contributed by atoms with van der Waals surface area (Å²) in [6, 6.07) is 22.4. The normalized spacial score (nSPS) is 11.1. The van der Waals surface area contributed by atoms with Crippen molar-refractivity contribution >= 4 is 33.8 Å². The highest BCUT2D eigenvalue weighted by atomic mass is 32.1. The molecule has 0 aliphatic carbocycles. The summed E-state index contributed by atoms with van der Waals surface area (Å²) in [6.07, 6.45) is 0. The maximum Gasteiger partial charge on any atom is 0.200 e. The van der Waals surface area contributed by atoms with Crippen LogP contribution in [-0.2, 0) is 0 Å². The van der Waals surface area contributed by atoms with Gasteiger partial charge in [-0.3, -0.25) is 9.67 Å². The minimum absolute atomic E-state index is 0.545. The minimum atomic E-state index is 0.545. The predicted molar refractivity (Wildman–Crippen MR) is 124 cm³/mol. The highest BCUT2D eigenvalue weighted by Gasteiger charge is 2.12. The van der Waals surface area contributed by atoms with Gasteiger partial charge in [0.25, 0.3) is 0 Å². The lowest BCUT2D eigenvalue weighted by atomic mass is 10.2. The van der Waals surface area contributed by atoms with Crippen molar-refractivity contribution in [2.75, 3.05) is 7.11 Å². The Hall–Kier alpha value is -3.29. The molecular weight excluding hydrogens is 412 g/mol. The van der Waals surface area contributed by atoms with Gasteiger partial charge in [-0.25, -0.2) is 4.98 Å². The number of nitrogens with one attached hydrogen (secondary N) is 1. The van der Waals surface area contributed by atoms with Gasteiger partial charge in [-0.05, 0) is 85.4 Å². The molecule has 2 heterocycles. The lowest BCUT2D eigenvalue weighted by Gasteiger charge is -2.08. The number of hydrogen-bond donors (Lipinski definition) is 1. The Kier molecular flexibility index (Phi) is 4.69. The zero-order chi connectivity index (χ0) is 20.7. The Bertz CT molecular complexity index is 1400. The third-order valence-corrected chi connectivity index (χ3v) is 6.28. The summed E-state index contributed by atoms with van der Waals surface area (Å²) in [4.78, 5) is 4.78. The van der Waals surface area contributed by atoms with Gasteiger partial charge in [0.05, 0.1) is 23.0 Å². The topological polar surface area (TPSA) is 55.7 Å². The number of hydrogen-bond acceptors (Lipinski definition) is 5. The number of benzene rings is 3. The van der Waals surface area contributed by atoms with Gasteiger partial charge in [-0.15, -0.1) is 11.3 Å². The van der Waals surface area contributed by atoms with Crippen molar-refractivity contribution in [2.45, 2.75) is 6.92 Å². The first kappa shape index (κ1) is 18.7. The molecule has 5 aromatic rings. The second kappa shape index (κ2) is 7.51. The molecule has 0 radical (unpaired) electrons. The molecule has 3 aromatic carbocycles. The summed E-state index contributed by atoms with van der Waals surface area (Å²) < 4.78 is 8.93. The van der Waals surface area contributed by atoms with Crippen LogP contribution in [0.15, 0.2) is 66.7 Å². The van der Waals surface area contributed by atoms with Crippen LogP contribution < -0.4 is 4.74 Å². The first-order valence-corrected chi connectivity index (χ1v) is 10.6. The first-order chi connectivity index (χ1) is 14.6. The van der Waals surface area contributed by atoms with Gasteiger partial charge in [0.15, 0.2) is 10.6 Å². The summed E-state index contributed by atoms with van der Waals surface area (Å²) in [5.41, 5.74) is 5.25. The lowest BCUT2D eigenvalue weighted by Crippen LogP contribution is -1.97. The van der Waals surface area contributed by atoms with Crippen molar-refractivity contribution in [3.63, 3.8) is 0 Å². The molecule has 0 spiro atoms. The highest BCUT2D eigenvalue weighted by Crippen LogP contribution is 2.32. The van der Waals surface area contributed by atoms with E-state index in [-0.39, 0.29) is 0 Å². The molecule has 0 atom stereocenters. The zero-order valence-corrected chi connectivity index (χ0v) is 18.1. The van der Waals surface area contributed by atoms with Gasteiger partial charge < -0.3 is 4.74 Å². The second-order valence-corrected chi connectivity index (χ2v) is 8.37. The molecule has 0 aliphatic heterocycles. The van der Waals surface area contributed by atoms with Crippen LogP contribution in [-0.4, -0.2) is 26.9 Å². The van der Waals surface area contributed by atoms with Crippen molar-refractivity contribution in [1.82, 2.24) is 19.7 Å². The number of aromatic amines is 1. The number of H-pyrrole nitrogens is 1. The number of methoxy groups -OCH3 is 1. The number of fused-ring (bicyclic) bond motifs is 1. The van der Waals surface area contributed by atoms with Gasteiger partial charge in [0.2, 0.25) is 0 Å². The molecule has 0 bridgehead atoms. The van der Waals surface area contributed by atoms with Crippen molar-refractivity contribution in [1.29, 1.82) is 0 Å². The van der Waals surface area contributed by atoms with Crippen molar-refractivity contribution in [3.8, 4) is 33.4 Å². The Balaban J connectivity index is 1.52. The van der Waals surface area contributed by atoms with E-state index in [9.17, 15) is 0 Å². The third kappa shape index (κ3) is 3.32. The Morgan fingerprint density at radius 3 is 2.43 bits per heavy atom. The van der Waals surface area contributed by atoms with Crippen LogP contribution in [0.5, 0.6) is 5.75 Å². The molecule has 30 heavy (non-hydrogen) atoms. The fourth-order valence-corrected chi connectivity index (χ4v) is 4.69. The maximum absolute atomic E-state index is 5.50. The molecular formula is C23H18N4OS2. The molecule has 0 aliphatic rings. The summed E-state index contributed by atoms with van der Waals surface area (Å²) in [7, 11) is 1.65. The third-order valence-electron chi connectivity index (χ3n) is 4.94. The molecule has 7 heteroatoms. The van der Waals surface area contributed by atoms with E-state index in [1.165, 1.54) is 10.3 Å². The van der Waals surface area contributed by atoms with E-state index in [4.69, 9.17) is 21.9 Å². The summed E-state index contributed by atoms with van der Waals surface area (Å²) in [5.74, 6) is 1.56. The van der Waals surface area contributed by atoms with Crippen LogP contribution >= 0.6 is 23.6 Å². The van der Waals surface area contributed by atoms with E-state index in [2.05, 4.69) is 47.5 Å². The van der Waals surface area contributed by atoms with Crippen LogP contribution in [0.1, 0.15) is 5.56 Å². The van der Waals surface area contributed by atoms with E-state index in [1.54, 1.807) is 18.4 Å². The quantitative estimate of drug-likeness (QED) is 0.345. The monoisotopic (exact) mass is 430 g/mol. The molecule has 2 aromatic heterocycles. The maximum atomic E-state index is 5.50.